The van der Waals surface area contributed by atoms with Crippen molar-refractivity contribution in [3.63, 3.8) is 0 Å². The average Bonchev–Trinajstić information content (AvgIpc) is 2.24. The fraction of sp³-hybridized carbons (Fsp3) is 1.00. The van der Waals surface area contributed by atoms with Gasteiger partial charge in [-0.05, 0) is 40.0 Å². The molecule has 0 aromatic heterocycles. The monoisotopic (exact) mass is 260 g/mol. The third-order valence-corrected chi connectivity index (χ3v) is 4.24. The number of nitrogens with zero attached hydrogens (tertiary/aromatic N) is 2. The molecular formula is C12H24N2O4. The van der Waals surface area contributed by atoms with Crippen LogP contribution in [0.15, 0.2) is 0 Å². The van der Waals surface area contributed by atoms with E-state index in [-0.39, 0.29) is 18.1 Å². The molecule has 1 aliphatic rings. The second-order valence-electron chi connectivity index (χ2n) is 6.28. The Morgan fingerprint density at radius 1 is 1.44 bits per heavy atom. The van der Waals surface area contributed by atoms with E-state index >= 15 is 0 Å². The molecule has 1 aliphatic heterocycles. The van der Waals surface area contributed by atoms with Crippen molar-refractivity contribution in [2.75, 3.05) is 6.61 Å². The van der Waals surface area contributed by atoms with E-state index in [2.05, 4.69) is 11.8 Å². The molecule has 1 saturated heterocycles. The normalized spacial score (nSPS) is 31.0. The Hall–Kier alpha value is -0.880. The van der Waals surface area contributed by atoms with Crippen LogP contribution in [0.25, 0.3) is 0 Å². The van der Waals surface area contributed by atoms with Gasteiger partial charge in [-0.25, -0.2) is 0 Å². The van der Waals surface area contributed by atoms with E-state index in [1.165, 1.54) is 5.06 Å². The highest BCUT2D eigenvalue weighted by molar-refractivity contribution is 5.00. The van der Waals surface area contributed by atoms with Crippen molar-refractivity contribution in [2.24, 2.45) is 11.8 Å². The van der Waals surface area contributed by atoms with Gasteiger partial charge in [0.05, 0.1) is 0 Å². The number of piperidine rings is 1. The van der Waals surface area contributed by atoms with Crippen LogP contribution in [0.4, 0.5) is 0 Å². The fourth-order valence-corrected chi connectivity index (χ4v) is 3.29. The van der Waals surface area contributed by atoms with E-state index in [9.17, 15) is 15.3 Å². The summed E-state index contributed by atoms with van der Waals surface area (Å²) in [5, 5.41) is 21.3. The lowest BCUT2D eigenvalue weighted by molar-refractivity contribution is -0.760. The van der Waals surface area contributed by atoms with Gasteiger partial charge in [0.15, 0.2) is 0 Å². The lowest BCUT2D eigenvalue weighted by Gasteiger charge is -2.55. The molecule has 0 saturated carbocycles. The largest absolute Gasteiger partial charge is 0.314 e. The van der Waals surface area contributed by atoms with E-state index in [1.807, 2.05) is 27.7 Å². The maximum Gasteiger partial charge on any atom is 0.294 e. The van der Waals surface area contributed by atoms with Gasteiger partial charge in [-0.2, -0.15) is 5.06 Å². The molecule has 2 unspecified atom stereocenters. The van der Waals surface area contributed by atoms with Crippen molar-refractivity contribution in [2.45, 2.75) is 58.5 Å². The van der Waals surface area contributed by atoms with Crippen molar-refractivity contribution in [1.29, 1.82) is 0 Å². The summed E-state index contributed by atoms with van der Waals surface area (Å²) in [6.07, 6.45) is 1.72. The van der Waals surface area contributed by atoms with Crippen molar-refractivity contribution in [3.05, 3.63) is 10.1 Å². The minimum atomic E-state index is -0.760. The van der Waals surface area contributed by atoms with Crippen molar-refractivity contribution >= 4 is 0 Å². The molecule has 1 fully saturated rings. The summed E-state index contributed by atoms with van der Waals surface area (Å²) in [7, 11) is 0. The highest BCUT2D eigenvalue weighted by Crippen LogP contribution is 2.45. The summed E-state index contributed by atoms with van der Waals surface area (Å²) in [6, 6.07) is 0. The minimum Gasteiger partial charge on any atom is -0.314 e. The molecular weight excluding hydrogens is 236 g/mol. The first kappa shape index (κ1) is 15.2. The van der Waals surface area contributed by atoms with Crippen LogP contribution in [0, 0.1) is 22.0 Å². The Kier molecular flexibility index (Phi) is 4.23. The molecule has 2 atom stereocenters. The van der Waals surface area contributed by atoms with Crippen LogP contribution in [0.5, 0.6) is 0 Å². The van der Waals surface area contributed by atoms with Crippen molar-refractivity contribution in [1.82, 2.24) is 5.06 Å². The molecule has 0 aromatic rings. The van der Waals surface area contributed by atoms with Crippen LogP contribution < -0.4 is 0 Å². The van der Waals surface area contributed by atoms with Crippen LogP contribution >= 0.6 is 0 Å². The smallest absolute Gasteiger partial charge is 0.294 e. The zero-order valence-corrected chi connectivity index (χ0v) is 11.8. The maximum absolute atomic E-state index is 10.4. The summed E-state index contributed by atoms with van der Waals surface area (Å²) in [4.78, 5) is 14.9. The topological polar surface area (TPSA) is 75.8 Å². The Balaban J connectivity index is 2.94. The molecule has 1 rings (SSSR count). The van der Waals surface area contributed by atoms with Gasteiger partial charge < -0.3 is 10.0 Å². The molecule has 0 aromatic carbocycles. The van der Waals surface area contributed by atoms with Gasteiger partial charge >= 0.3 is 0 Å². The average molecular weight is 260 g/mol. The summed E-state index contributed by atoms with van der Waals surface area (Å²) in [6.45, 7) is 9.90. The van der Waals surface area contributed by atoms with Crippen LogP contribution in [-0.2, 0) is 4.84 Å². The highest BCUT2D eigenvalue weighted by atomic mass is 16.9. The highest BCUT2D eigenvalue weighted by Gasteiger charge is 2.51. The molecule has 0 spiro atoms. The van der Waals surface area contributed by atoms with E-state index in [4.69, 9.17) is 0 Å². The molecule has 1 N–H and O–H groups in total. The number of rotatable bonds is 4. The van der Waals surface area contributed by atoms with E-state index in [1.54, 1.807) is 0 Å². The Labute approximate surface area is 108 Å². The third-order valence-electron chi connectivity index (χ3n) is 4.24. The van der Waals surface area contributed by atoms with Crippen molar-refractivity contribution in [3.8, 4) is 0 Å². The first-order valence-electron chi connectivity index (χ1n) is 6.39. The molecule has 6 heteroatoms. The summed E-state index contributed by atoms with van der Waals surface area (Å²) in [5.41, 5.74) is -0.867. The molecule has 0 bridgehead atoms. The molecule has 1 heterocycles. The van der Waals surface area contributed by atoms with Crippen LogP contribution in [-0.4, -0.2) is 33.0 Å². The van der Waals surface area contributed by atoms with Crippen LogP contribution in [0.3, 0.4) is 0 Å². The lowest BCUT2D eigenvalue weighted by atomic mass is 9.67. The van der Waals surface area contributed by atoms with Gasteiger partial charge in [0.1, 0.15) is 6.61 Å². The molecule has 18 heavy (non-hydrogen) atoms. The zero-order valence-electron chi connectivity index (χ0n) is 11.8. The second-order valence-corrected chi connectivity index (χ2v) is 6.28. The molecule has 0 aliphatic carbocycles. The maximum atomic E-state index is 10.4. The molecule has 6 nitrogen and oxygen atoms in total. The van der Waals surface area contributed by atoms with Gasteiger partial charge in [0, 0.05) is 17.0 Å². The van der Waals surface area contributed by atoms with Crippen LogP contribution in [0.1, 0.15) is 47.5 Å². The molecule has 0 radical (unpaired) electrons. The first-order chi connectivity index (χ1) is 8.13. The quantitative estimate of drug-likeness (QED) is 0.620. The standard InChI is InChI=1S/C12H24N2O4/c1-6-9-7-11(2,3)13(15)12(4,5)10(9)8-18-14(16)17/h9-10,15H,6-8H2,1-5H3. The number of hydrogen-bond donors (Lipinski definition) is 1. The minimum absolute atomic E-state index is 0.0334. The van der Waals surface area contributed by atoms with Crippen molar-refractivity contribution < 1.29 is 15.1 Å². The van der Waals surface area contributed by atoms with E-state index in [0.29, 0.717) is 5.92 Å². The number of hydroxylamine groups is 2. The SMILES string of the molecule is CCC1CC(C)(C)N(O)C(C)(C)C1CO[N+](=O)[O-]. The predicted molar refractivity (Wildman–Crippen MR) is 66.6 cm³/mol. The van der Waals surface area contributed by atoms with Gasteiger partial charge in [-0.15, -0.1) is 10.1 Å². The number of hydrogen-bond acceptors (Lipinski definition) is 5. The zero-order chi connectivity index (χ0) is 14.1. The van der Waals surface area contributed by atoms with Gasteiger partial charge in [0.25, 0.3) is 5.09 Å². The summed E-state index contributed by atoms with van der Waals surface area (Å²) >= 11 is 0. The second kappa shape index (κ2) is 5.01. The summed E-state index contributed by atoms with van der Waals surface area (Å²) < 4.78 is 0. The first-order valence-corrected chi connectivity index (χ1v) is 6.39. The summed E-state index contributed by atoms with van der Waals surface area (Å²) in [5.74, 6) is 0.240. The Morgan fingerprint density at radius 2 is 2.00 bits per heavy atom. The fourth-order valence-electron chi connectivity index (χ4n) is 3.29. The van der Waals surface area contributed by atoms with Crippen LogP contribution in [0.2, 0.25) is 0 Å². The van der Waals surface area contributed by atoms with E-state index in [0.717, 1.165) is 12.8 Å². The molecule has 106 valence electrons. The Morgan fingerprint density at radius 3 is 2.44 bits per heavy atom. The van der Waals surface area contributed by atoms with Gasteiger partial charge in [0.2, 0.25) is 0 Å². The third kappa shape index (κ3) is 2.75. The van der Waals surface area contributed by atoms with E-state index < -0.39 is 10.6 Å². The molecule has 0 amide bonds. The lowest BCUT2D eigenvalue weighted by Crippen LogP contribution is -2.64. The van der Waals surface area contributed by atoms with Gasteiger partial charge in [-0.3, -0.25) is 0 Å². The van der Waals surface area contributed by atoms with Gasteiger partial charge in [-0.1, -0.05) is 13.3 Å². The predicted octanol–water partition coefficient (Wildman–Crippen LogP) is 2.49. The Bertz CT molecular complexity index is 317.